The van der Waals surface area contributed by atoms with E-state index in [0.29, 0.717) is 30.5 Å². The van der Waals surface area contributed by atoms with Crippen LogP contribution in [0.1, 0.15) is 22.8 Å². The van der Waals surface area contributed by atoms with E-state index in [0.717, 1.165) is 22.6 Å². The maximum Gasteiger partial charge on any atom is 0.319 e. The number of carbonyl (C=O) groups is 1. The van der Waals surface area contributed by atoms with Gasteiger partial charge in [-0.15, -0.1) is 0 Å². The number of benzene rings is 1. The van der Waals surface area contributed by atoms with Crippen molar-refractivity contribution < 1.29 is 4.79 Å². The van der Waals surface area contributed by atoms with Crippen LogP contribution in [0.2, 0.25) is 0 Å². The molecular weight excluding hydrogens is 354 g/mol. The zero-order valence-electron chi connectivity index (χ0n) is 16.6. The van der Waals surface area contributed by atoms with Crippen molar-refractivity contribution in [1.29, 1.82) is 0 Å². The van der Waals surface area contributed by atoms with E-state index >= 15 is 0 Å². The first kappa shape index (κ1) is 19.3. The Morgan fingerprint density at radius 3 is 2.57 bits per heavy atom. The quantitative estimate of drug-likeness (QED) is 0.572. The summed E-state index contributed by atoms with van der Waals surface area (Å²) in [6.45, 7) is 8.75. The van der Waals surface area contributed by atoms with Crippen molar-refractivity contribution in [3.8, 4) is 5.82 Å². The van der Waals surface area contributed by atoms with E-state index in [1.807, 2.05) is 64.1 Å². The molecule has 0 saturated carbocycles. The molecule has 28 heavy (non-hydrogen) atoms. The normalized spacial score (nSPS) is 10.6. The molecule has 3 aromatic rings. The van der Waals surface area contributed by atoms with Crippen molar-refractivity contribution in [2.24, 2.45) is 0 Å². The summed E-state index contributed by atoms with van der Waals surface area (Å²) in [5.74, 6) is 2.05. The minimum atomic E-state index is -0.241. The van der Waals surface area contributed by atoms with Gasteiger partial charge in [-0.1, -0.05) is 12.1 Å². The molecule has 8 heteroatoms. The lowest BCUT2D eigenvalue weighted by molar-refractivity contribution is 0.252. The molecule has 0 aliphatic rings. The zero-order valence-corrected chi connectivity index (χ0v) is 16.6. The van der Waals surface area contributed by atoms with E-state index < -0.39 is 0 Å². The molecule has 0 unspecified atom stereocenters. The molecule has 0 radical (unpaired) electrons. The first-order valence-electron chi connectivity index (χ1n) is 9.15. The second-order valence-corrected chi connectivity index (χ2v) is 6.67. The van der Waals surface area contributed by atoms with Crippen LogP contribution in [0.4, 0.5) is 16.3 Å². The number of urea groups is 1. The number of aromatic nitrogens is 4. The third-order valence-electron chi connectivity index (χ3n) is 4.04. The van der Waals surface area contributed by atoms with E-state index in [2.05, 4.69) is 31.0 Å². The van der Waals surface area contributed by atoms with E-state index in [4.69, 9.17) is 0 Å². The average molecular weight is 379 g/mol. The van der Waals surface area contributed by atoms with Crippen LogP contribution in [0, 0.1) is 27.7 Å². The van der Waals surface area contributed by atoms with Crippen LogP contribution >= 0.6 is 0 Å². The number of carbonyl (C=O) groups excluding carboxylic acids is 1. The van der Waals surface area contributed by atoms with E-state index in [-0.39, 0.29) is 6.03 Å². The van der Waals surface area contributed by atoms with Gasteiger partial charge in [-0.25, -0.2) is 19.4 Å². The second-order valence-electron chi connectivity index (χ2n) is 6.67. The highest BCUT2D eigenvalue weighted by Crippen LogP contribution is 2.13. The second kappa shape index (κ2) is 8.51. The van der Waals surface area contributed by atoms with Crippen LogP contribution in [-0.4, -0.2) is 38.9 Å². The van der Waals surface area contributed by atoms with Crippen LogP contribution in [0.5, 0.6) is 0 Å². The summed E-state index contributed by atoms with van der Waals surface area (Å²) in [7, 11) is 0. The predicted molar refractivity (Wildman–Crippen MR) is 110 cm³/mol. The average Bonchev–Trinajstić information content (AvgIpc) is 2.97. The number of rotatable bonds is 6. The molecule has 146 valence electrons. The predicted octanol–water partition coefficient (Wildman–Crippen LogP) is 3.13. The van der Waals surface area contributed by atoms with Crippen molar-refractivity contribution in [3.63, 3.8) is 0 Å². The van der Waals surface area contributed by atoms with Crippen LogP contribution in [-0.2, 0) is 0 Å². The van der Waals surface area contributed by atoms with Gasteiger partial charge < -0.3 is 16.0 Å². The number of amides is 2. The number of aryl methyl sites for hydroxylation is 4. The first-order valence-corrected chi connectivity index (χ1v) is 9.15. The van der Waals surface area contributed by atoms with Gasteiger partial charge in [0.15, 0.2) is 5.82 Å². The lowest BCUT2D eigenvalue weighted by atomic mass is 10.2. The van der Waals surface area contributed by atoms with Gasteiger partial charge in [0, 0.05) is 30.5 Å². The Morgan fingerprint density at radius 1 is 1.04 bits per heavy atom. The highest BCUT2D eigenvalue weighted by molar-refractivity contribution is 5.89. The number of anilines is 2. The largest absolute Gasteiger partial charge is 0.368 e. The molecular formula is C20H25N7O. The van der Waals surface area contributed by atoms with Crippen molar-refractivity contribution in [1.82, 2.24) is 25.1 Å². The fraction of sp³-hybridized carbons (Fsp3) is 0.300. The molecule has 2 aromatic heterocycles. The van der Waals surface area contributed by atoms with Gasteiger partial charge in [-0.05, 0) is 51.5 Å². The molecule has 0 aliphatic carbocycles. The van der Waals surface area contributed by atoms with E-state index in [9.17, 15) is 4.79 Å². The Morgan fingerprint density at radius 2 is 1.86 bits per heavy atom. The monoisotopic (exact) mass is 379 g/mol. The summed E-state index contributed by atoms with van der Waals surface area (Å²) in [6.07, 6.45) is 0. The van der Waals surface area contributed by atoms with Crippen molar-refractivity contribution in [2.45, 2.75) is 27.7 Å². The zero-order chi connectivity index (χ0) is 20.1. The van der Waals surface area contributed by atoms with E-state index in [1.54, 1.807) is 4.68 Å². The Hall–Kier alpha value is -3.42. The molecule has 2 heterocycles. The summed E-state index contributed by atoms with van der Waals surface area (Å²) in [5.41, 5.74) is 3.81. The minimum absolute atomic E-state index is 0.241. The number of hydrogen-bond acceptors (Lipinski definition) is 5. The Bertz CT molecular complexity index is 980. The van der Waals surface area contributed by atoms with Crippen molar-refractivity contribution >= 4 is 17.5 Å². The van der Waals surface area contributed by atoms with Gasteiger partial charge in [0.1, 0.15) is 11.6 Å². The molecule has 0 atom stereocenters. The molecule has 2 amide bonds. The van der Waals surface area contributed by atoms with Gasteiger partial charge in [0.05, 0.1) is 5.69 Å². The third-order valence-corrected chi connectivity index (χ3v) is 4.04. The SMILES string of the molecule is Cc1cccc(NC(=O)NCCNc2cc(-n3nc(C)cc3C)nc(C)n2)c1. The summed E-state index contributed by atoms with van der Waals surface area (Å²) < 4.78 is 1.79. The van der Waals surface area contributed by atoms with Crippen LogP contribution in [0.3, 0.4) is 0 Å². The number of nitrogens with one attached hydrogen (secondary N) is 3. The fourth-order valence-electron chi connectivity index (χ4n) is 2.88. The standard InChI is InChI=1S/C20H25N7O/c1-13-6-5-7-17(10-13)25-20(28)22-9-8-21-18-12-19(24-16(4)23-18)27-15(3)11-14(2)26-27/h5-7,10-12H,8-9H2,1-4H3,(H,21,23,24)(H2,22,25,28). The van der Waals surface area contributed by atoms with Gasteiger partial charge in [-0.2, -0.15) is 5.10 Å². The smallest absolute Gasteiger partial charge is 0.319 e. The number of nitrogens with zero attached hydrogens (tertiary/aromatic N) is 4. The van der Waals surface area contributed by atoms with Gasteiger partial charge in [0.25, 0.3) is 0 Å². The third kappa shape index (κ3) is 5.06. The first-order chi connectivity index (χ1) is 13.4. The molecule has 0 spiro atoms. The molecule has 1 aromatic carbocycles. The molecule has 0 aliphatic heterocycles. The summed E-state index contributed by atoms with van der Waals surface area (Å²) in [6, 6.07) is 11.3. The topological polar surface area (TPSA) is 96.8 Å². The minimum Gasteiger partial charge on any atom is -0.368 e. The maximum absolute atomic E-state index is 12.0. The van der Waals surface area contributed by atoms with Crippen LogP contribution < -0.4 is 16.0 Å². The maximum atomic E-state index is 12.0. The summed E-state index contributed by atoms with van der Waals surface area (Å²) >= 11 is 0. The highest BCUT2D eigenvalue weighted by atomic mass is 16.2. The molecule has 0 fully saturated rings. The Kier molecular flexibility index (Phi) is 5.88. The Balaban J connectivity index is 1.53. The van der Waals surface area contributed by atoms with Crippen LogP contribution in [0.15, 0.2) is 36.4 Å². The lowest BCUT2D eigenvalue weighted by Gasteiger charge is -2.11. The van der Waals surface area contributed by atoms with Crippen molar-refractivity contribution in [3.05, 3.63) is 59.2 Å². The molecule has 8 nitrogen and oxygen atoms in total. The fourth-order valence-corrected chi connectivity index (χ4v) is 2.88. The van der Waals surface area contributed by atoms with Crippen molar-refractivity contribution in [2.75, 3.05) is 23.7 Å². The van der Waals surface area contributed by atoms with Gasteiger partial charge in [0.2, 0.25) is 0 Å². The molecule has 3 N–H and O–H groups in total. The molecule has 0 bridgehead atoms. The van der Waals surface area contributed by atoms with Crippen LogP contribution in [0.25, 0.3) is 5.82 Å². The molecule has 0 saturated heterocycles. The lowest BCUT2D eigenvalue weighted by Crippen LogP contribution is -2.32. The summed E-state index contributed by atoms with van der Waals surface area (Å²) in [4.78, 5) is 20.8. The Labute approximate surface area is 164 Å². The van der Waals surface area contributed by atoms with Gasteiger partial charge >= 0.3 is 6.03 Å². The highest BCUT2D eigenvalue weighted by Gasteiger charge is 2.08. The molecule has 3 rings (SSSR count). The number of hydrogen-bond donors (Lipinski definition) is 3. The van der Waals surface area contributed by atoms with Gasteiger partial charge in [-0.3, -0.25) is 0 Å². The van der Waals surface area contributed by atoms with E-state index in [1.165, 1.54) is 0 Å². The summed E-state index contributed by atoms with van der Waals surface area (Å²) in [5, 5.41) is 13.3.